The van der Waals surface area contributed by atoms with Gasteiger partial charge in [0, 0.05) is 39.1 Å². The van der Waals surface area contributed by atoms with Gasteiger partial charge in [0.05, 0.1) is 0 Å². The van der Waals surface area contributed by atoms with Crippen LogP contribution in [-0.2, 0) is 11.2 Å². The quantitative estimate of drug-likeness (QED) is 0.345. The molecule has 1 aromatic carbocycles. The molecule has 5 nitrogen and oxygen atoms in total. The molecule has 1 unspecified atom stereocenters. The summed E-state index contributed by atoms with van der Waals surface area (Å²) in [4.78, 5) is 18.1. The summed E-state index contributed by atoms with van der Waals surface area (Å²) in [5.41, 5.74) is 0.698. The fourth-order valence-electron chi connectivity index (χ4n) is 3.23. The molecule has 26 heavy (non-hydrogen) atoms. The van der Waals surface area contributed by atoms with Crippen LogP contribution in [0.4, 0.5) is 4.39 Å². The Hall–Kier alpha value is -1.38. The van der Waals surface area contributed by atoms with Gasteiger partial charge in [-0.15, -0.1) is 24.0 Å². The van der Waals surface area contributed by atoms with Crippen molar-refractivity contribution in [3.63, 3.8) is 0 Å². The van der Waals surface area contributed by atoms with Crippen molar-refractivity contribution >= 4 is 35.8 Å². The van der Waals surface area contributed by atoms with Gasteiger partial charge in [0.25, 0.3) is 0 Å². The molecule has 0 aliphatic carbocycles. The highest BCUT2D eigenvalue weighted by Gasteiger charge is 2.26. The molecule has 2 N–H and O–H groups in total. The van der Waals surface area contributed by atoms with Gasteiger partial charge in [-0.1, -0.05) is 25.1 Å². The number of carbonyl (C=O) groups excluding carboxylic acids is 1. The number of halogens is 2. The summed E-state index contributed by atoms with van der Waals surface area (Å²) in [6.07, 6.45) is 4.13. The smallest absolute Gasteiger partial charge is 0.222 e. The molecule has 1 aliphatic rings. The number of nitrogens with zero attached hydrogens (tertiary/aromatic N) is 2. The maximum Gasteiger partial charge on any atom is 0.222 e. The highest BCUT2D eigenvalue weighted by atomic mass is 127. The summed E-state index contributed by atoms with van der Waals surface area (Å²) >= 11 is 0. The van der Waals surface area contributed by atoms with Crippen molar-refractivity contribution in [2.24, 2.45) is 4.99 Å². The second-order valence-electron chi connectivity index (χ2n) is 6.31. The van der Waals surface area contributed by atoms with Crippen molar-refractivity contribution in [1.29, 1.82) is 0 Å². The number of aliphatic imine (C=N–C) groups is 1. The summed E-state index contributed by atoms with van der Waals surface area (Å²) < 4.78 is 13.6. The fraction of sp³-hybridized carbons (Fsp3) is 0.579. The summed E-state index contributed by atoms with van der Waals surface area (Å²) in [6, 6.07) is 7.11. The summed E-state index contributed by atoms with van der Waals surface area (Å²) in [6.45, 7) is 4.37. The summed E-state index contributed by atoms with van der Waals surface area (Å²) in [5, 5.41) is 6.49. The van der Waals surface area contributed by atoms with Crippen LogP contribution >= 0.6 is 24.0 Å². The Morgan fingerprint density at radius 1 is 1.31 bits per heavy atom. The van der Waals surface area contributed by atoms with Crippen molar-refractivity contribution in [3.05, 3.63) is 35.6 Å². The van der Waals surface area contributed by atoms with Crippen LogP contribution in [0.25, 0.3) is 0 Å². The third-order valence-electron chi connectivity index (χ3n) is 4.66. The molecule has 1 amide bonds. The SMILES string of the molecule is CCC(CCNC(=NC)NCCc1ccccc1F)N1CCCC1=O.I. The van der Waals surface area contributed by atoms with Crippen LogP contribution in [0.2, 0.25) is 0 Å². The Morgan fingerprint density at radius 2 is 2.04 bits per heavy atom. The van der Waals surface area contributed by atoms with Crippen molar-refractivity contribution < 1.29 is 9.18 Å². The first kappa shape index (κ1) is 22.7. The van der Waals surface area contributed by atoms with E-state index in [1.165, 1.54) is 6.07 Å². The zero-order valence-corrected chi connectivity index (χ0v) is 18.0. The third kappa shape index (κ3) is 6.74. The molecule has 1 fully saturated rings. The van der Waals surface area contributed by atoms with Gasteiger partial charge in [0.1, 0.15) is 5.82 Å². The highest BCUT2D eigenvalue weighted by Crippen LogP contribution is 2.17. The Morgan fingerprint density at radius 3 is 2.65 bits per heavy atom. The maximum absolute atomic E-state index is 13.6. The first-order chi connectivity index (χ1) is 12.2. The highest BCUT2D eigenvalue weighted by molar-refractivity contribution is 14.0. The van der Waals surface area contributed by atoms with Crippen molar-refractivity contribution in [3.8, 4) is 0 Å². The minimum Gasteiger partial charge on any atom is -0.356 e. The number of hydrogen-bond acceptors (Lipinski definition) is 2. The van der Waals surface area contributed by atoms with E-state index in [9.17, 15) is 9.18 Å². The minimum absolute atomic E-state index is 0. The number of rotatable bonds is 8. The first-order valence-electron chi connectivity index (χ1n) is 9.13. The van der Waals surface area contributed by atoms with E-state index in [-0.39, 0.29) is 35.7 Å². The van der Waals surface area contributed by atoms with Crippen LogP contribution in [0.3, 0.4) is 0 Å². The van der Waals surface area contributed by atoms with Gasteiger partial charge in [-0.05, 0) is 37.3 Å². The number of likely N-dealkylation sites (tertiary alicyclic amines) is 1. The zero-order valence-electron chi connectivity index (χ0n) is 15.6. The molecule has 0 saturated carbocycles. The standard InChI is InChI=1S/C19H29FN4O.HI/c1-3-16(24-14-6-9-18(24)25)11-13-23-19(21-2)22-12-10-15-7-4-5-8-17(15)20;/h4-5,7-8,16H,3,6,9-14H2,1-2H3,(H2,21,22,23);1H. The zero-order chi connectivity index (χ0) is 18.1. The molecular formula is C19H30FIN4O. The molecule has 146 valence electrons. The van der Waals surface area contributed by atoms with Gasteiger partial charge >= 0.3 is 0 Å². The van der Waals surface area contributed by atoms with E-state index in [0.717, 1.165) is 32.4 Å². The van der Waals surface area contributed by atoms with E-state index >= 15 is 0 Å². The topological polar surface area (TPSA) is 56.7 Å². The predicted octanol–water partition coefficient (Wildman–Crippen LogP) is 2.94. The molecule has 1 aromatic rings. The fourth-order valence-corrected chi connectivity index (χ4v) is 3.23. The molecule has 0 aromatic heterocycles. The molecule has 1 saturated heterocycles. The molecule has 0 spiro atoms. The van der Waals surface area contributed by atoms with Gasteiger partial charge < -0.3 is 15.5 Å². The van der Waals surface area contributed by atoms with E-state index < -0.39 is 0 Å². The first-order valence-corrected chi connectivity index (χ1v) is 9.13. The van der Waals surface area contributed by atoms with Crippen LogP contribution in [0.15, 0.2) is 29.3 Å². The van der Waals surface area contributed by atoms with Gasteiger partial charge in [-0.25, -0.2) is 4.39 Å². The molecule has 7 heteroatoms. The second-order valence-corrected chi connectivity index (χ2v) is 6.31. The van der Waals surface area contributed by atoms with E-state index in [1.54, 1.807) is 19.2 Å². The predicted molar refractivity (Wildman–Crippen MR) is 115 cm³/mol. The Kier molecular flexibility index (Phi) is 10.5. The van der Waals surface area contributed by atoms with Crippen LogP contribution in [0.1, 0.15) is 38.2 Å². The van der Waals surface area contributed by atoms with Crippen LogP contribution in [-0.4, -0.2) is 49.5 Å². The maximum atomic E-state index is 13.6. The second kappa shape index (κ2) is 12.1. The average Bonchev–Trinajstić information content (AvgIpc) is 3.04. The normalized spacial score (nSPS) is 15.6. The molecule has 1 aliphatic heterocycles. The van der Waals surface area contributed by atoms with Gasteiger partial charge in [0.2, 0.25) is 5.91 Å². The van der Waals surface area contributed by atoms with Crippen molar-refractivity contribution in [1.82, 2.24) is 15.5 Å². The summed E-state index contributed by atoms with van der Waals surface area (Å²) in [7, 11) is 1.72. The lowest BCUT2D eigenvalue weighted by atomic mass is 10.1. The number of carbonyl (C=O) groups is 1. The molecule has 0 bridgehead atoms. The van der Waals surface area contributed by atoms with E-state index in [4.69, 9.17) is 0 Å². The third-order valence-corrected chi connectivity index (χ3v) is 4.66. The molecule has 1 atom stereocenters. The van der Waals surface area contributed by atoms with Crippen LogP contribution in [0, 0.1) is 5.82 Å². The lowest BCUT2D eigenvalue weighted by Crippen LogP contribution is -2.42. The number of amides is 1. The van der Waals surface area contributed by atoms with Gasteiger partial charge in [-0.3, -0.25) is 9.79 Å². The Balaban J connectivity index is 0.00000338. The number of guanidine groups is 1. The van der Waals surface area contributed by atoms with Crippen molar-refractivity contribution in [2.75, 3.05) is 26.7 Å². The lowest BCUT2D eigenvalue weighted by molar-refractivity contribution is -0.129. The molecule has 1 heterocycles. The number of nitrogens with one attached hydrogen (secondary N) is 2. The van der Waals surface area contributed by atoms with E-state index in [2.05, 4.69) is 22.5 Å². The summed E-state index contributed by atoms with van der Waals surface area (Å²) in [5.74, 6) is 0.812. The Bertz CT molecular complexity index is 597. The number of hydrogen-bond donors (Lipinski definition) is 2. The molecule has 2 rings (SSSR count). The lowest BCUT2D eigenvalue weighted by Gasteiger charge is -2.27. The molecular weight excluding hydrogens is 446 g/mol. The van der Waals surface area contributed by atoms with E-state index in [0.29, 0.717) is 37.0 Å². The molecule has 0 radical (unpaired) electrons. The van der Waals surface area contributed by atoms with Gasteiger partial charge in [-0.2, -0.15) is 0 Å². The van der Waals surface area contributed by atoms with Gasteiger partial charge in [0.15, 0.2) is 5.96 Å². The van der Waals surface area contributed by atoms with E-state index in [1.807, 2.05) is 11.0 Å². The van der Waals surface area contributed by atoms with Crippen LogP contribution < -0.4 is 10.6 Å². The minimum atomic E-state index is -0.173. The average molecular weight is 476 g/mol. The Labute approximate surface area is 172 Å². The largest absolute Gasteiger partial charge is 0.356 e. The van der Waals surface area contributed by atoms with Crippen molar-refractivity contribution in [2.45, 2.75) is 45.1 Å². The monoisotopic (exact) mass is 476 g/mol. The number of benzene rings is 1. The van der Waals surface area contributed by atoms with Crippen LogP contribution in [0.5, 0.6) is 0 Å².